The van der Waals surface area contributed by atoms with Crippen molar-refractivity contribution in [1.29, 1.82) is 0 Å². The van der Waals surface area contributed by atoms with Crippen molar-refractivity contribution in [3.8, 4) is 5.75 Å². The third kappa shape index (κ3) is 5.27. The molecule has 0 aliphatic rings. The zero-order chi connectivity index (χ0) is 19.9. The van der Waals surface area contributed by atoms with Crippen LogP contribution in [0.25, 0.3) is 6.08 Å². The summed E-state index contributed by atoms with van der Waals surface area (Å²) in [6.45, 7) is 6.02. The lowest BCUT2D eigenvalue weighted by molar-refractivity contribution is -0.128. The monoisotopic (exact) mass is 369 g/mol. The van der Waals surface area contributed by atoms with Gasteiger partial charge in [-0.2, -0.15) is 0 Å². The Hall–Kier alpha value is -3.46. The molecule has 0 spiro atoms. The van der Waals surface area contributed by atoms with Crippen LogP contribution in [0.2, 0.25) is 0 Å². The standard InChI is InChI=1S/C25H23NO2/c1-18-9-10-22(19(2)15-18)11-14-25(27)28-23-12-13-24(20(3)16-23)26-17-21-7-5-4-6-8-21/h4-17H,1-3H3/b14-11+,26-17?. The minimum absolute atomic E-state index is 0.403. The fourth-order valence-electron chi connectivity index (χ4n) is 2.84. The maximum atomic E-state index is 12.1. The number of carbonyl (C=O) groups is 1. The SMILES string of the molecule is Cc1ccc(/C=C/C(=O)Oc2ccc(N=Cc3ccccc3)c(C)c2)c(C)c1. The summed E-state index contributed by atoms with van der Waals surface area (Å²) in [7, 11) is 0. The molecule has 28 heavy (non-hydrogen) atoms. The van der Waals surface area contributed by atoms with Gasteiger partial charge in [0, 0.05) is 12.3 Å². The number of benzene rings is 3. The van der Waals surface area contributed by atoms with Gasteiger partial charge in [-0.05, 0) is 67.3 Å². The predicted octanol–water partition coefficient (Wildman–Crippen LogP) is 5.98. The van der Waals surface area contributed by atoms with Crippen molar-refractivity contribution >= 4 is 23.9 Å². The van der Waals surface area contributed by atoms with Gasteiger partial charge in [0.1, 0.15) is 5.75 Å². The zero-order valence-corrected chi connectivity index (χ0v) is 16.3. The first-order valence-electron chi connectivity index (χ1n) is 9.18. The molecule has 0 fully saturated rings. The van der Waals surface area contributed by atoms with Gasteiger partial charge >= 0.3 is 5.97 Å². The number of aryl methyl sites for hydroxylation is 3. The maximum Gasteiger partial charge on any atom is 0.336 e. The molecule has 0 N–H and O–H groups in total. The average Bonchev–Trinajstić information content (AvgIpc) is 2.67. The van der Waals surface area contributed by atoms with E-state index in [2.05, 4.69) is 11.1 Å². The number of nitrogens with zero attached hydrogens (tertiary/aromatic N) is 1. The molecule has 0 aliphatic carbocycles. The topological polar surface area (TPSA) is 38.7 Å². The Morgan fingerprint density at radius 2 is 1.68 bits per heavy atom. The first-order valence-corrected chi connectivity index (χ1v) is 9.18. The van der Waals surface area contributed by atoms with Gasteiger partial charge in [-0.3, -0.25) is 4.99 Å². The molecule has 0 atom stereocenters. The van der Waals surface area contributed by atoms with Gasteiger partial charge in [0.25, 0.3) is 0 Å². The molecule has 3 nitrogen and oxygen atoms in total. The summed E-state index contributed by atoms with van der Waals surface area (Å²) in [6.07, 6.45) is 5.05. The fraction of sp³-hybridized carbons (Fsp3) is 0.120. The highest BCUT2D eigenvalue weighted by molar-refractivity contribution is 5.89. The van der Waals surface area contributed by atoms with Gasteiger partial charge in [-0.25, -0.2) is 4.79 Å². The third-order valence-electron chi connectivity index (χ3n) is 4.36. The number of hydrogen-bond acceptors (Lipinski definition) is 3. The van der Waals surface area contributed by atoms with Crippen LogP contribution in [-0.2, 0) is 4.79 Å². The molecule has 0 unspecified atom stereocenters. The van der Waals surface area contributed by atoms with E-state index in [0.717, 1.165) is 27.9 Å². The number of carbonyl (C=O) groups excluding carboxylic acids is 1. The van der Waals surface area contributed by atoms with Crippen LogP contribution in [0.5, 0.6) is 5.75 Å². The van der Waals surface area contributed by atoms with E-state index in [1.54, 1.807) is 12.1 Å². The number of aliphatic imine (C=N–C) groups is 1. The number of rotatable bonds is 5. The molecule has 3 aromatic carbocycles. The van der Waals surface area contributed by atoms with Crippen molar-refractivity contribution in [2.45, 2.75) is 20.8 Å². The zero-order valence-electron chi connectivity index (χ0n) is 16.3. The lowest BCUT2D eigenvalue weighted by Gasteiger charge is -2.05. The summed E-state index contributed by atoms with van der Waals surface area (Å²) in [5, 5.41) is 0. The third-order valence-corrected chi connectivity index (χ3v) is 4.36. The predicted molar refractivity (Wildman–Crippen MR) is 115 cm³/mol. The Labute approximate surface area is 166 Å². The normalized spacial score (nSPS) is 11.2. The van der Waals surface area contributed by atoms with Crippen molar-refractivity contribution in [3.05, 3.63) is 101 Å². The van der Waals surface area contributed by atoms with E-state index in [0.29, 0.717) is 5.75 Å². The smallest absolute Gasteiger partial charge is 0.336 e. The molecule has 0 heterocycles. The Bertz CT molecular complexity index is 1030. The van der Waals surface area contributed by atoms with Crippen molar-refractivity contribution in [1.82, 2.24) is 0 Å². The quantitative estimate of drug-likeness (QED) is 0.240. The van der Waals surface area contributed by atoms with Crippen LogP contribution < -0.4 is 4.74 Å². The Balaban J connectivity index is 1.66. The molecule has 3 aromatic rings. The summed E-state index contributed by atoms with van der Waals surface area (Å²) in [6, 6.07) is 21.5. The second-order valence-corrected chi connectivity index (χ2v) is 6.73. The highest BCUT2D eigenvalue weighted by Crippen LogP contribution is 2.24. The molecular formula is C25H23NO2. The summed E-state index contributed by atoms with van der Waals surface area (Å²) in [5.74, 6) is 0.103. The molecule has 0 amide bonds. The maximum absolute atomic E-state index is 12.1. The van der Waals surface area contributed by atoms with Crippen molar-refractivity contribution < 1.29 is 9.53 Å². The molecule has 0 aromatic heterocycles. The van der Waals surface area contributed by atoms with Gasteiger partial charge < -0.3 is 4.74 Å². The van der Waals surface area contributed by atoms with Crippen LogP contribution >= 0.6 is 0 Å². The average molecular weight is 369 g/mol. The Morgan fingerprint density at radius 1 is 0.893 bits per heavy atom. The second kappa shape index (κ2) is 8.96. The summed E-state index contributed by atoms with van der Waals surface area (Å²) in [5.41, 5.74) is 6.15. The van der Waals surface area contributed by atoms with E-state index < -0.39 is 5.97 Å². The van der Waals surface area contributed by atoms with Gasteiger partial charge in [0.15, 0.2) is 0 Å². The van der Waals surface area contributed by atoms with Crippen LogP contribution in [0.4, 0.5) is 5.69 Å². The van der Waals surface area contributed by atoms with Gasteiger partial charge in [0.2, 0.25) is 0 Å². The van der Waals surface area contributed by atoms with E-state index in [9.17, 15) is 4.79 Å². The molecule has 3 rings (SSSR count). The number of hydrogen-bond donors (Lipinski definition) is 0. The molecule has 3 heteroatoms. The molecule has 0 aliphatic heterocycles. The van der Waals surface area contributed by atoms with Crippen molar-refractivity contribution in [2.24, 2.45) is 4.99 Å². The van der Waals surface area contributed by atoms with Crippen LogP contribution in [0, 0.1) is 20.8 Å². The Morgan fingerprint density at radius 3 is 2.39 bits per heavy atom. The molecular weight excluding hydrogens is 346 g/mol. The minimum atomic E-state index is -0.403. The van der Waals surface area contributed by atoms with Crippen LogP contribution in [0.1, 0.15) is 27.8 Å². The van der Waals surface area contributed by atoms with E-state index in [4.69, 9.17) is 4.74 Å². The summed E-state index contributed by atoms with van der Waals surface area (Å²) < 4.78 is 5.42. The highest BCUT2D eigenvalue weighted by atomic mass is 16.5. The summed E-state index contributed by atoms with van der Waals surface area (Å²) in [4.78, 5) is 16.6. The highest BCUT2D eigenvalue weighted by Gasteiger charge is 2.04. The van der Waals surface area contributed by atoms with Crippen LogP contribution in [0.3, 0.4) is 0 Å². The van der Waals surface area contributed by atoms with Crippen molar-refractivity contribution in [2.75, 3.05) is 0 Å². The largest absolute Gasteiger partial charge is 0.423 e. The first-order chi connectivity index (χ1) is 13.5. The van der Waals surface area contributed by atoms with E-state index in [-0.39, 0.29) is 0 Å². The second-order valence-electron chi connectivity index (χ2n) is 6.73. The minimum Gasteiger partial charge on any atom is -0.423 e. The van der Waals surface area contributed by atoms with Gasteiger partial charge in [0.05, 0.1) is 5.69 Å². The first kappa shape index (κ1) is 19.3. The molecule has 0 radical (unpaired) electrons. The van der Waals surface area contributed by atoms with Gasteiger partial charge in [-0.1, -0.05) is 54.1 Å². The van der Waals surface area contributed by atoms with Crippen LogP contribution in [-0.4, -0.2) is 12.2 Å². The van der Waals surface area contributed by atoms with E-state index in [1.807, 2.05) is 81.6 Å². The van der Waals surface area contributed by atoms with E-state index >= 15 is 0 Å². The molecule has 0 saturated heterocycles. The summed E-state index contributed by atoms with van der Waals surface area (Å²) >= 11 is 0. The lowest BCUT2D eigenvalue weighted by Crippen LogP contribution is -2.03. The molecule has 0 bridgehead atoms. The fourth-order valence-corrected chi connectivity index (χ4v) is 2.84. The van der Waals surface area contributed by atoms with Gasteiger partial charge in [-0.15, -0.1) is 0 Å². The number of ether oxygens (including phenoxy) is 1. The molecule has 0 saturated carbocycles. The molecule has 140 valence electrons. The number of esters is 1. The van der Waals surface area contributed by atoms with Crippen LogP contribution in [0.15, 0.2) is 77.8 Å². The Kier molecular flexibility index (Phi) is 6.18. The van der Waals surface area contributed by atoms with Crippen molar-refractivity contribution in [3.63, 3.8) is 0 Å². The lowest BCUT2D eigenvalue weighted by atomic mass is 10.1. The van der Waals surface area contributed by atoms with E-state index in [1.165, 1.54) is 11.6 Å².